The van der Waals surface area contributed by atoms with E-state index in [-0.39, 0.29) is 0 Å². The van der Waals surface area contributed by atoms with Gasteiger partial charge in [-0.15, -0.1) is 0 Å². The quantitative estimate of drug-likeness (QED) is 0.828. The molecule has 0 radical (unpaired) electrons. The molecule has 1 N–H and O–H groups in total. The van der Waals surface area contributed by atoms with Crippen LogP contribution in [0.2, 0.25) is 5.15 Å². The van der Waals surface area contributed by atoms with Crippen LogP contribution in [-0.4, -0.2) is 15.1 Å². The Hall–Kier alpha value is -1.20. The summed E-state index contributed by atoms with van der Waals surface area (Å²) in [7, 11) is 0. The van der Waals surface area contributed by atoms with Gasteiger partial charge in [0.25, 0.3) is 0 Å². The molecule has 1 heterocycles. The van der Waals surface area contributed by atoms with Crippen molar-refractivity contribution in [1.82, 2.24) is 9.97 Å². The van der Waals surface area contributed by atoms with Crippen LogP contribution in [0.25, 0.3) is 11.4 Å². The largest absolute Gasteiger partial charge is 0.505 e. The Morgan fingerprint density at radius 3 is 2.68 bits per heavy atom. The summed E-state index contributed by atoms with van der Waals surface area (Å²) in [6.07, 6.45) is 2.16. The van der Waals surface area contributed by atoms with Crippen molar-refractivity contribution in [2.24, 2.45) is 0 Å². The number of hydrogen-bond donors (Lipinski definition) is 1. The standard InChI is InChI=1S/C13H9BrClFN2O/c14-10-11(6-1-2-6)17-13(18-12(10)15)7-3-4-9(19)8(16)5-7/h3-6,19H,1-2H2. The number of phenolic OH excluding ortho intramolecular Hbond substituents is 1. The summed E-state index contributed by atoms with van der Waals surface area (Å²) in [5, 5.41) is 9.51. The normalized spacial score (nSPS) is 14.7. The lowest BCUT2D eigenvalue weighted by atomic mass is 10.2. The van der Waals surface area contributed by atoms with Crippen molar-refractivity contribution in [3.05, 3.63) is 39.3 Å². The summed E-state index contributed by atoms with van der Waals surface area (Å²) in [5.74, 6) is -0.327. The number of nitrogens with zero attached hydrogens (tertiary/aromatic N) is 2. The zero-order chi connectivity index (χ0) is 13.6. The van der Waals surface area contributed by atoms with Gasteiger partial charge in [-0.2, -0.15) is 0 Å². The summed E-state index contributed by atoms with van der Waals surface area (Å²) < 4.78 is 14.1. The van der Waals surface area contributed by atoms with E-state index in [0.29, 0.717) is 26.9 Å². The maximum absolute atomic E-state index is 13.4. The van der Waals surface area contributed by atoms with E-state index in [9.17, 15) is 9.50 Å². The highest BCUT2D eigenvalue weighted by atomic mass is 79.9. The van der Waals surface area contributed by atoms with Crippen molar-refractivity contribution in [2.45, 2.75) is 18.8 Å². The van der Waals surface area contributed by atoms with Crippen molar-refractivity contribution in [3.63, 3.8) is 0 Å². The maximum Gasteiger partial charge on any atom is 0.165 e. The van der Waals surface area contributed by atoms with E-state index in [1.807, 2.05) is 0 Å². The van der Waals surface area contributed by atoms with Crippen molar-refractivity contribution in [3.8, 4) is 17.1 Å². The minimum atomic E-state index is -0.701. The van der Waals surface area contributed by atoms with Gasteiger partial charge in [0.2, 0.25) is 0 Å². The Bertz CT molecular complexity index is 661. The fraction of sp³-hybridized carbons (Fsp3) is 0.231. The minimum absolute atomic E-state index is 0.320. The molecule has 1 aliphatic carbocycles. The number of halogens is 3. The summed E-state index contributed by atoms with van der Waals surface area (Å²) >= 11 is 9.45. The molecule has 0 saturated heterocycles. The first-order valence-electron chi connectivity index (χ1n) is 5.78. The third-order valence-corrected chi connectivity index (χ3v) is 4.29. The molecule has 0 amide bonds. The van der Waals surface area contributed by atoms with Crippen LogP contribution >= 0.6 is 27.5 Å². The minimum Gasteiger partial charge on any atom is -0.505 e. The highest BCUT2D eigenvalue weighted by Gasteiger charge is 2.29. The summed E-state index contributed by atoms with van der Waals surface area (Å²) in [5.41, 5.74) is 1.36. The van der Waals surface area contributed by atoms with Crippen molar-refractivity contribution in [2.75, 3.05) is 0 Å². The zero-order valence-corrected chi connectivity index (χ0v) is 12.0. The van der Waals surface area contributed by atoms with Crippen molar-refractivity contribution < 1.29 is 9.50 Å². The number of phenols is 1. The van der Waals surface area contributed by atoms with E-state index in [2.05, 4.69) is 25.9 Å². The topological polar surface area (TPSA) is 46.0 Å². The second kappa shape index (κ2) is 4.72. The van der Waals surface area contributed by atoms with Crippen LogP contribution in [0.15, 0.2) is 22.7 Å². The Morgan fingerprint density at radius 1 is 1.32 bits per heavy atom. The average molecular weight is 344 g/mol. The van der Waals surface area contributed by atoms with Crippen LogP contribution in [0.3, 0.4) is 0 Å². The average Bonchev–Trinajstić information content (AvgIpc) is 3.20. The summed E-state index contributed by atoms with van der Waals surface area (Å²) in [4.78, 5) is 8.59. The van der Waals surface area contributed by atoms with Gasteiger partial charge in [0.05, 0.1) is 10.2 Å². The Labute approximate surface area is 122 Å². The Morgan fingerprint density at radius 2 is 2.05 bits per heavy atom. The molecule has 1 saturated carbocycles. The summed E-state index contributed by atoms with van der Waals surface area (Å²) in [6, 6.07) is 4.04. The number of hydrogen-bond acceptors (Lipinski definition) is 3. The highest BCUT2D eigenvalue weighted by Crippen LogP contribution is 2.44. The molecule has 2 aromatic rings. The van der Waals surface area contributed by atoms with Crippen LogP contribution in [0.4, 0.5) is 4.39 Å². The molecule has 0 unspecified atom stereocenters. The summed E-state index contributed by atoms with van der Waals surface area (Å²) in [6.45, 7) is 0. The van der Waals surface area contributed by atoms with Gasteiger partial charge in [0.1, 0.15) is 5.15 Å². The third kappa shape index (κ3) is 2.44. The molecule has 0 aliphatic heterocycles. The van der Waals surface area contributed by atoms with E-state index in [4.69, 9.17) is 11.6 Å². The van der Waals surface area contributed by atoms with Crippen LogP contribution < -0.4 is 0 Å². The van der Waals surface area contributed by atoms with Crippen LogP contribution in [-0.2, 0) is 0 Å². The molecule has 0 atom stereocenters. The van der Waals surface area contributed by atoms with E-state index in [1.54, 1.807) is 6.07 Å². The molecule has 98 valence electrons. The lowest BCUT2D eigenvalue weighted by Gasteiger charge is -2.08. The molecule has 0 bridgehead atoms. The first kappa shape index (κ1) is 12.8. The number of benzene rings is 1. The smallest absolute Gasteiger partial charge is 0.165 e. The number of rotatable bonds is 2. The van der Waals surface area contributed by atoms with Gasteiger partial charge in [-0.25, -0.2) is 14.4 Å². The van der Waals surface area contributed by atoms with Crippen LogP contribution in [0.1, 0.15) is 24.5 Å². The van der Waals surface area contributed by atoms with Crippen LogP contribution in [0, 0.1) is 5.82 Å². The highest BCUT2D eigenvalue weighted by molar-refractivity contribution is 9.10. The van der Waals surface area contributed by atoms with Gasteiger partial charge in [-0.3, -0.25) is 0 Å². The van der Waals surface area contributed by atoms with Gasteiger partial charge in [-0.1, -0.05) is 11.6 Å². The monoisotopic (exact) mass is 342 g/mol. The molecule has 0 spiro atoms. The predicted octanol–water partition coefficient (Wildman–Crippen LogP) is 4.28. The molecule has 19 heavy (non-hydrogen) atoms. The van der Waals surface area contributed by atoms with E-state index >= 15 is 0 Å². The Balaban J connectivity index is 2.11. The third-order valence-electron chi connectivity index (χ3n) is 3.01. The first-order chi connectivity index (χ1) is 9.06. The van der Waals surface area contributed by atoms with E-state index in [0.717, 1.165) is 18.5 Å². The number of aromatic nitrogens is 2. The van der Waals surface area contributed by atoms with Crippen molar-refractivity contribution >= 4 is 27.5 Å². The van der Waals surface area contributed by atoms with Gasteiger partial charge < -0.3 is 5.11 Å². The van der Waals surface area contributed by atoms with Gasteiger partial charge in [0, 0.05) is 11.5 Å². The number of aromatic hydroxyl groups is 1. The zero-order valence-electron chi connectivity index (χ0n) is 9.70. The molecular weight excluding hydrogens is 335 g/mol. The van der Waals surface area contributed by atoms with E-state index < -0.39 is 11.6 Å². The molecule has 6 heteroatoms. The second-order valence-corrected chi connectivity index (χ2v) is 5.63. The maximum atomic E-state index is 13.4. The lowest BCUT2D eigenvalue weighted by molar-refractivity contribution is 0.432. The Kier molecular flexibility index (Phi) is 3.19. The second-order valence-electron chi connectivity index (χ2n) is 4.48. The molecule has 1 aromatic heterocycles. The molecular formula is C13H9BrClFN2O. The van der Waals surface area contributed by atoms with Gasteiger partial charge in [-0.05, 0) is 47.0 Å². The van der Waals surface area contributed by atoms with Gasteiger partial charge >= 0.3 is 0 Å². The predicted molar refractivity (Wildman–Crippen MR) is 73.8 cm³/mol. The van der Waals surface area contributed by atoms with E-state index in [1.165, 1.54) is 12.1 Å². The lowest BCUT2D eigenvalue weighted by Crippen LogP contribution is -1.97. The van der Waals surface area contributed by atoms with Gasteiger partial charge in [0.15, 0.2) is 17.4 Å². The molecule has 1 aliphatic rings. The van der Waals surface area contributed by atoms with Crippen molar-refractivity contribution in [1.29, 1.82) is 0 Å². The molecule has 1 aromatic carbocycles. The fourth-order valence-electron chi connectivity index (χ4n) is 1.84. The molecule has 3 rings (SSSR count). The molecule has 1 fully saturated rings. The fourth-order valence-corrected chi connectivity index (χ4v) is 2.52. The molecule has 3 nitrogen and oxygen atoms in total. The first-order valence-corrected chi connectivity index (χ1v) is 6.95. The SMILES string of the molecule is Oc1ccc(-c2nc(Cl)c(Br)c(C3CC3)n2)cc1F. The van der Waals surface area contributed by atoms with Crippen LogP contribution in [0.5, 0.6) is 5.75 Å².